The van der Waals surface area contributed by atoms with E-state index < -0.39 is 30.2 Å². The summed E-state index contributed by atoms with van der Waals surface area (Å²) in [5, 5.41) is 9.64. The van der Waals surface area contributed by atoms with Gasteiger partial charge in [0, 0.05) is 18.7 Å². The summed E-state index contributed by atoms with van der Waals surface area (Å²) < 4.78 is 5.81. The van der Waals surface area contributed by atoms with E-state index >= 15 is 0 Å². The zero-order chi connectivity index (χ0) is 27.4. The first-order valence-electron chi connectivity index (χ1n) is 13.4. The van der Waals surface area contributed by atoms with Crippen molar-refractivity contribution in [3.8, 4) is 0 Å². The predicted octanol–water partition coefficient (Wildman–Crippen LogP) is 3.99. The van der Waals surface area contributed by atoms with Gasteiger partial charge in [-0.1, -0.05) is 56.8 Å². The van der Waals surface area contributed by atoms with Crippen LogP contribution in [0.3, 0.4) is 0 Å². The third kappa shape index (κ3) is 6.42. The number of hydrazine groups is 1. The number of nitrogens with one attached hydrogen (secondary N) is 3. The van der Waals surface area contributed by atoms with E-state index in [0.717, 1.165) is 21.9 Å². The number of nitrogens with zero attached hydrogens (tertiary/aromatic N) is 1. The van der Waals surface area contributed by atoms with Crippen LogP contribution in [0.2, 0.25) is 0 Å². The lowest BCUT2D eigenvalue weighted by molar-refractivity contribution is -0.157. The van der Waals surface area contributed by atoms with Crippen LogP contribution in [-0.4, -0.2) is 47.5 Å². The van der Waals surface area contributed by atoms with Crippen molar-refractivity contribution in [3.63, 3.8) is 0 Å². The molecule has 0 radical (unpaired) electrons. The Morgan fingerprint density at radius 2 is 1.79 bits per heavy atom. The fraction of sp³-hybridized carbons (Fsp3) is 0.433. The Kier molecular flexibility index (Phi) is 8.52. The van der Waals surface area contributed by atoms with Crippen LogP contribution in [0.4, 0.5) is 0 Å². The van der Waals surface area contributed by atoms with Gasteiger partial charge >= 0.3 is 5.97 Å². The Morgan fingerprint density at radius 1 is 1.03 bits per heavy atom. The topological polar surface area (TPSA) is 99.8 Å². The van der Waals surface area contributed by atoms with Gasteiger partial charge in [-0.15, -0.1) is 0 Å². The minimum Gasteiger partial charge on any atom is -0.457 e. The summed E-state index contributed by atoms with van der Waals surface area (Å²) in [4.78, 5) is 39.3. The summed E-state index contributed by atoms with van der Waals surface area (Å²) in [7, 11) is 0. The third-order valence-electron chi connectivity index (χ3n) is 7.10. The van der Waals surface area contributed by atoms with Crippen LogP contribution in [-0.2, 0) is 19.1 Å². The molecular formula is C30H38N4O4. The lowest BCUT2D eigenvalue weighted by Gasteiger charge is -2.35. The highest BCUT2D eigenvalue weighted by Crippen LogP contribution is 2.25. The molecule has 2 heterocycles. The Morgan fingerprint density at radius 3 is 2.55 bits per heavy atom. The van der Waals surface area contributed by atoms with Crippen LogP contribution >= 0.6 is 0 Å². The number of allylic oxidation sites excluding steroid dienone is 1. The maximum Gasteiger partial charge on any atom is 0.325 e. The highest BCUT2D eigenvalue weighted by Gasteiger charge is 2.33. The maximum absolute atomic E-state index is 13.2. The molecule has 0 spiro atoms. The van der Waals surface area contributed by atoms with E-state index in [2.05, 4.69) is 40.8 Å². The van der Waals surface area contributed by atoms with Crippen molar-refractivity contribution in [2.24, 2.45) is 5.92 Å². The molecule has 0 unspecified atom stereocenters. The molecule has 5 bridgehead atoms. The number of esters is 1. The molecule has 0 aromatic heterocycles. The predicted molar refractivity (Wildman–Crippen MR) is 148 cm³/mol. The second kappa shape index (κ2) is 11.8. The zero-order valence-electron chi connectivity index (χ0n) is 22.6. The monoisotopic (exact) mass is 518 g/mol. The molecule has 2 aliphatic heterocycles. The number of fused-ring (bicyclic) bond motifs is 4. The first-order valence-corrected chi connectivity index (χ1v) is 13.4. The van der Waals surface area contributed by atoms with E-state index in [1.807, 2.05) is 51.1 Å². The molecule has 2 aromatic rings. The number of carbonyl (C=O) groups excluding carboxylic acids is 3. The van der Waals surface area contributed by atoms with E-state index in [4.69, 9.17) is 4.74 Å². The molecule has 3 N–H and O–H groups in total. The number of amides is 2. The van der Waals surface area contributed by atoms with E-state index in [-0.39, 0.29) is 17.7 Å². The standard InChI is InChI=1S/C30H38N4O4/c1-18(2)27-28(35)32-20(4)29(36)34-15-7-10-26(33-34)30(37)38-21(5)24-14-13-23-12-11-22(16-25(23)17-24)9-6-8-19(3)31-27/h6,9,11-14,16-18,20-21,26-27,31,33H,3,7-8,10,15H2,1-2,4-5H3,(H,32,35)/b9-6+/t20-,21+,26-,27-/m0/s1. The average molecular weight is 519 g/mol. The Labute approximate surface area is 224 Å². The van der Waals surface area contributed by atoms with Crippen LogP contribution in [0.5, 0.6) is 0 Å². The summed E-state index contributed by atoms with van der Waals surface area (Å²) >= 11 is 0. The highest BCUT2D eigenvalue weighted by molar-refractivity contribution is 5.90. The highest BCUT2D eigenvalue weighted by atomic mass is 16.5. The molecular weight excluding hydrogens is 480 g/mol. The van der Waals surface area contributed by atoms with Gasteiger partial charge in [0.2, 0.25) is 5.91 Å². The summed E-state index contributed by atoms with van der Waals surface area (Å²) in [5.74, 6) is -1.01. The van der Waals surface area contributed by atoms with Gasteiger partial charge in [-0.2, -0.15) is 0 Å². The van der Waals surface area contributed by atoms with E-state index in [1.165, 1.54) is 5.01 Å². The molecule has 4 atom stereocenters. The van der Waals surface area contributed by atoms with Crippen LogP contribution in [0.15, 0.2) is 54.8 Å². The summed E-state index contributed by atoms with van der Waals surface area (Å²) in [5.41, 5.74) is 5.67. The van der Waals surface area contributed by atoms with E-state index in [1.54, 1.807) is 6.92 Å². The smallest absolute Gasteiger partial charge is 0.325 e. The molecule has 1 saturated heterocycles. The molecule has 1 fully saturated rings. The molecule has 4 rings (SSSR count). The van der Waals surface area contributed by atoms with Crippen molar-refractivity contribution in [2.45, 2.75) is 71.2 Å². The molecule has 2 amide bonds. The third-order valence-corrected chi connectivity index (χ3v) is 7.10. The number of hydrogen-bond acceptors (Lipinski definition) is 6. The van der Waals surface area contributed by atoms with Crippen molar-refractivity contribution >= 4 is 34.6 Å². The van der Waals surface area contributed by atoms with Crippen molar-refractivity contribution < 1.29 is 19.1 Å². The average Bonchev–Trinajstić information content (AvgIpc) is 2.90. The van der Waals surface area contributed by atoms with Gasteiger partial charge < -0.3 is 15.4 Å². The van der Waals surface area contributed by atoms with Crippen LogP contribution < -0.4 is 16.1 Å². The first kappa shape index (κ1) is 27.4. The van der Waals surface area contributed by atoms with Gasteiger partial charge in [0.25, 0.3) is 5.91 Å². The van der Waals surface area contributed by atoms with Gasteiger partial charge in [0.15, 0.2) is 0 Å². The van der Waals surface area contributed by atoms with E-state index in [9.17, 15) is 14.4 Å². The van der Waals surface area contributed by atoms with Crippen LogP contribution in [0.25, 0.3) is 16.8 Å². The fourth-order valence-corrected chi connectivity index (χ4v) is 4.83. The van der Waals surface area contributed by atoms with Gasteiger partial charge in [0.05, 0.1) is 0 Å². The van der Waals surface area contributed by atoms with Crippen LogP contribution in [0.1, 0.15) is 64.2 Å². The first-order chi connectivity index (χ1) is 18.1. The second-order valence-corrected chi connectivity index (χ2v) is 10.6. The second-order valence-electron chi connectivity index (χ2n) is 10.6. The summed E-state index contributed by atoms with van der Waals surface area (Å²) in [6, 6.07) is 10.3. The quantitative estimate of drug-likeness (QED) is 0.494. The molecule has 202 valence electrons. The molecule has 0 saturated carbocycles. The number of carbonyl (C=O) groups is 3. The Balaban J connectivity index is 1.64. The van der Waals surface area contributed by atoms with Crippen molar-refractivity contribution in [1.29, 1.82) is 0 Å². The number of benzene rings is 2. The van der Waals surface area contributed by atoms with Crippen molar-refractivity contribution in [1.82, 2.24) is 21.1 Å². The van der Waals surface area contributed by atoms with Crippen molar-refractivity contribution in [3.05, 3.63) is 65.9 Å². The molecule has 2 aliphatic rings. The van der Waals surface area contributed by atoms with Crippen LogP contribution in [0, 0.1) is 5.92 Å². The molecule has 8 nitrogen and oxygen atoms in total. The Hall–Kier alpha value is -3.65. The van der Waals surface area contributed by atoms with Gasteiger partial charge in [-0.25, -0.2) is 5.43 Å². The normalized spacial score (nSPS) is 26.6. The van der Waals surface area contributed by atoms with Crippen molar-refractivity contribution in [2.75, 3.05) is 6.54 Å². The number of cyclic esters (lactones) is 1. The molecule has 2 aromatic carbocycles. The van der Waals surface area contributed by atoms with Gasteiger partial charge in [0.1, 0.15) is 24.2 Å². The lowest BCUT2D eigenvalue weighted by atomic mass is 10.0. The summed E-state index contributed by atoms with van der Waals surface area (Å²) in [6.45, 7) is 11.9. The zero-order valence-corrected chi connectivity index (χ0v) is 22.6. The van der Waals surface area contributed by atoms with E-state index in [0.29, 0.717) is 31.5 Å². The number of ether oxygens (including phenoxy) is 1. The SMILES string of the molecule is C=C1C/C=C/c2ccc3ccc(cc3c2)[C@@H](C)OC(=O)[C@@H]2CCCN(N2)C(=O)[C@H](C)NC(=O)[C@H](C(C)C)N1. The molecule has 0 aliphatic carbocycles. The summed E-state index contributed by atoms with van der Waals surface area (Å²) in [6.07, 6.45) is 5.34. The largest absolute Gasteiger partial charge is 0.457 e. The fourth-order valence-electron chi connectivity index (χ4n) is 4.83. The minimum absolute atomic E-state index is 0.0245. The minimum atomic E-state index is -0.771. The number of rotatable bonds is 1. The Bertz CT molecular complexity index is 1250. The van der Waals surface area contributed by atoms with Gasteiger partial charge in [-0.05, 0) is 66.6 Å². The van der Waals surface area contributed by atoms with Gasteiger partial charge in [-0.3, -0.25) is 19.4 Å². The maximum atomic E-state index is 13.2. The lowest BCUT2D eigenvalue weighted by Crippen LogP contribution is -2.60. The molecule has 38 heavy (non-hydrogen) atoms. The number of hydrogen-bond donors (Lipinski definition) is 3. The molecule has 8 heteroatoms.